The van der Waals surface area contributed by atoms with Crippen LogP contribution in [0.15, 0.2) is 48.7 Å². The lowest BCUT2D eigenvalue weighted by atomic mass is 10.1. The summed E-state index contributed by atoms with van der Waals surface area (Å²) in [6, 6.07) is 13.2. The second-order valence-electron chi connectivity index (χ2n) is 5.75. The van der Waals surface area contributed by atoms with Gasteiger partial charge in [0.05, 0.1) is 0 Å². The van der Waals surface area contributed by atoms with Crippen LogP contribution in [0.25, 0.3) is 0 Å². The lowest BCUT2D eigenvalue weighted by Gasteiger charge is -2.19. The highest BCUT2D eigenvalue weighted by Crippen LogP contribution is 2.04. The molecule has 0 atom stereocenters. The topological polar surface area (TPSA) is 42.0 Å². The first-order valence-electron chi connectivity index (χ1n) is 6.80. The van der Waals surface area contributed by atoms with E-state index in [2.05, 4.69) is 22.1 Å². The van der Waals surface area contributed by atoms with E-state index in [-0.39, 0.29) is 11.4 Å². The molecule has 2 aromatic rings. The molecule has 21 heavy (non-hydrogen) atoms. The van der Waals surface area contributed by atoms with Gasteiger partial charge >= 0.3 is 0 Å². The zero-order chi connectivity index (χ0) is 15.3. The van der Waals surface area contributed by atoms with Crippen molar-refractivity contribution in [3.63, 3.8) is 0 Å². The maximum absolute atomic E-state index is 11.9. The molecule has 1 aromatic heterocycles. The summed E-state index contributed by atoms with van der Waals surface area (Å²) in [5.41, 5.74) is 1.86. The van der Waals surface area contributed by atoms with Gasteiger partial charge in [-0.15, -0.1) is 0 Å². The van der Waals surface area contributed by atoms with Crippen molar-refractivity contribution in [1.29, 1.82) is 0 Å². The normalized spacial score (nSPS) is 10.4. The van der Waals surface area contributed by atoms with E-state index >= 15 is 0 Å². The van der Waals surface area contributed by atoms with Crippen LogP contribution in [-0.2, 0) is 0 Å². The van der Waals surface area contributed by atoms with Crippen molar-refractivity contribution >= 4 is 5.91 Å². The second kappa shape index (κ2) is 6.23. The summed E-state index contributed by atoms with van der Waals surface area (Å²) in [4.78, 5) is 16.1. The van der Waals surface area contributed by atoms with Crippen LogP contribution in [0.1, 0.15) is 42.4 Å². The molecule has 0 spiro atoms. The molecule has 0 aliphatic carbocycles. The van der Waals surface area contributed by atoms with Crippen LogP contribution in [0.5, 0.6) is 0 Å². The fourth-order valence-electron chi connectivity index (χ4n) is 1.67. The molecule has 0 radical (unpaired) electrons. The minimum absolute atomic E-state index is 0.176. The SMILES string of the molecule is CC(C)(C)NC(=O)c1ccc(C#Cc2ccccc2)cn1. The van der Waals surface area contributed by atoms with Crippen molar-refractivity contribution in [2.24, 2.45) is 0 Å². The van der Waals surface area contributed by atoms with Crippen molar-refractivity contribution < 1.29 is 4.79 Å². The smallest absolute Gasteiger partial charge is 0.270 e. The quantitative estimate of drug-likeness (QED) is 0.815. The summed E-state index contributed by atoms with van der Waals surface area (Å²) < 4.78 is 0. The minimum Gasteiger partial charge on any atom is -0.346 e. The monoisotopic (exact) mass is 278 g/mol. The molecule has 3 nitrogen and oxygen atoms in total. The minimum atomic E-state index is -0.273. The van der Waals surface area contributed by atoms with Crippen LogP contribution >= 0.6 is 0 Å². The Bertz CT molecular complexity index is 671. The summed E-state index contributed by atoms with van der Waals surface area (Å²) in [6.45, 7) is 5.81. The molecule has 0 aliphatic rings. The highest BCUT2D eigenvalue weighted by molar-refractivity contribution is 5.92. The van der Waals surface area contributed by atoms with E-state index in [1.54, 1.807) is 18.3 Å². The molecule has 3 heteroatoms. The molecule has 0 saturated carbocycles. The van der Waals surface area contributed by atoms with Crippen LogP contribution in [-0.4, -0.2) is 16.4 Å². The molecule has 1 heterocycles. The molecule has 1 amide bonds. The van der Waals surface area contributed by atoms with Gasteiger partial charge in [0.25, 0.3) is 5.91 Å². The van der Waals surface area contributed by atoms with Gasteiger partial charge in [0.2, 0.25) is 0 Å². The summed E-state index contributed by atoms with van der Waals surface area (Å²) in [7, 11) is 0. The number of aromatic nitrogens is 1. The van der Waals surface area contributed by atoms with Gasteiger partial charge < -0.3 is 5.32 Å². The standard InChI is InChI=1S/C18H18N2O/c1-18(2,3)20-17(21)16-12-11-15(13-19-16)10-9-14-7-5-4-6-8-14/h4-8,11-13H,1-3H3,(H,20,21). The zero-order valence-corrected chi connectivity index (χ0v) is 12.5. The summed E-state index contributed by atoms with van der Waals surface area (Å²) >= 11 is 0. The first-order chi connectivity index (χ1) is 9.94. The van der Waals surface area contributed by atoms with E-state index in [1.807, 2.05) is 51.1 Å². The Morgan fingerprint density at radius 2 is 1.67 bits per heavy atom. The number of hydrogen-bond acceptors (Lipinski definition) is 2. The average molecular weight is 278 g/mol. The number of benzene rings is 1. The third-order valence-corrected chi connectivity index (χ3v) is 2.61. The number of nitrogens with zero attached hydrogens (tertiary/aromatic N) is 1. The number of carbonyl (C=O) groups excluding carboxylic acids is 1. The maximum Gasteiger partial charge on any atom is 0.270 e. The largest absolute Gasteiger partial charge is 0.346 e. The number of pyridine rings is 1. The Kier molecular flexibility index (Phi) is 4.39. The van der Waals surface area contributed by atoms with Gasteiger partial charge in [-0.2, -0.15) is 0 Å². The first-order valence-corrected chi connectivity index (χ1v) is 6.80. The molecule has 0 bridgehead atoms. The highest BCUT2D eigenvalue weighted by atomic mass is 16.2. The molecule has 106 valence electrons. The van der Waals surface area contributed by atoms with E-state index in [9.17, 15) is 4.79 Å². The molecule has 0 saturated heterocycles. The number of carbonyl (C=O) groups is 1. The van der Waals surface area contributed by atoms with E-state index < -0.39 is 0 Å². The van der Waals surface area contributed by atoms with E-state index in [0.717, 1.165) is 11.1 Å². The first kappa shape index (κ1) is 14.8. The van der Waals surface area contributed by atoms with Crippen molar-refractivity contribution in [3.8, 4) is 11.8 Å². The summed E-state index contributed by atoms with van der Waals surface area (Å²) in [5, 5.41) is 2.88. The highest BCUT2D eigenvalue weighted by Gasteiger charge is 2.15. The Labute approximate surface area is 125 Å². The van der Waals surface area contributed by atoms with Gasteiger partial charge in [-0.1, -0.05) is 30.0 Å². The Hall–Kier alpha value is -2.60. The van der Waals surface area contributed by atoms with Gasteiger partial charge in [-0.3, -0.25) is 4.79 Å². The van der Waals surface area contributed by atoms with E-state index in [0.29, 0.717) is 5.69 Å². The predicted octanol–water partition coefficient (Wildman–Crippen LogP) is 3.01. The Balaban J connectivity index is 2.10. The Morgan fingerprint density at radius 3 is 2.24 bits per heavy atom. The third kappa shape index (κ3) is 4.77. The van der Waals surface area contributed by atoms with Crippen LogP contribution in [0, 0.1) is 11.8 Å². The summed E-state index contributed by atoms with van der Waals surface area (Å²) in [6.07, 6.45) is 1.62. The van der Waals surface area contributed by atoms with Gasteiger partial charge in [-0.05, 0) is 45.0 Å². The number of nitrogens with one attached hydrogen (secondary N) is 1. The Morgan fingerprint density at radius 1 is 1.00 bits per heavy atom. The second-order valence-corrected chi connectivity index (χ2v) is 5.75. The molecule has 2 rings (SSSR count). The van der Waals surface area contributed by atoms with Gasteiger partial charge in [-0.25, -0.2) is 4.98 Å². The van der Waals surface area contributed by atoms with Gasteiger partial charge in [0.15, 0.2) is 0 Å². The maximum atomic E-state index is 11.9. The molecule has 1 N–H and O–H groups in total. The average Bonchev–Trinajstić information content (AvgIpc) is 2.45. The van der Waals surface area contributed by atoms with Crippen LogP contribution in [0.4, 0.5) is 0 Å². The number of hydrogen-bond donors (Lipinski definition) is 1. The van der Waals surface area contributed by atoms with Gasteiger partial charge in [0, 0.05) is 22.9 Å². The van der Waals surface area contributed by atoms with Crippen LogP contribution in [0.2, 0.25) is 0 Å². The van der Waals surface area contributed by atoms with Crippen molar-refractivity contribution in [2.45, 2.75) is 26.3 Å². The molecule has 0 unspecified atom stereocenters. The van der Waals surface area contributed by atoms with Crippen LogP contribution < -0.4 is 5.32 Å². The fourth-order valence-corrected chi connectivity index (χ4v) is 1.67. The number of rotatable bonds is 1. The molecule has 1 aromatic carbocycles. The molecular formula is C18H18N2O. The van der Waals surface area contributed by atoms with Crippen molar-refractivity contribution in [3.05, 3.63) is 65.5 Å². The predicted molar refractivity (Wildman–Crippen MR) is 83.9 cm³/mol. The molecular weight excluding hydrogens is 260 g/mol. The van der Waals surface area contributed by atoms with Crippen molar-refractivity contribution in [2.75, 3.05) is 0 Å². The lowest BCUT2D eigenvalue weighted by Crippen LogP contribution is -2.40. The molecule has 0 aliphatic heterocycles. The fraction of sp³-hybridized carbons (Fsp3) is 0.222. The zero-order valence-electron chi connectivity index (χ0n) is 12.5. The van der Waals surface area contributed by atoms with Crippen LogP contribution in [0.3, 0.4) is 0 Å². The van der Waals surface area contributed by atoms with E-state index in [4.69, 9.17) is 0 Å². The van der Waals surface area contributed by atoms with Crippen molar-refractivity contribution in [1.82, 2.24) is 10.3 Å². The van der Waals surface area contributed by atoms with Gasteiger partial charge in [0.1, 0.15) is 5.69 Å². The van der Waals surface area contributed by atoms with E-state index in [1.165, 1.54) is 0 Å². The number of amides is 1. The summed E-state index contributed by atoms with van der Waals surface area (Å²) in [5.74, 6) is 5.91. The third-order valence-electron chi connectivity index (χ3n) is 2.61. The molecule has 0 fully saturated rings. The lowest BCUT2D eigenvalue weighted by molar-refractivity contribution is 0.0914.